The van der Waals surface area contributed by atoms with E-state index in [2.05, 4.69) is 15.9 Å². The SMILES string of the molecule is COC(=O)[C@@]1(N)CCc2c(Br)cccc2C1. The van der Waals surface area contributed by atoms with Gasteiger partial charge in [-0.1, -0.05) is 28.1 Å². The Morgan fingerprint density at radius 1 is 1.56 bits per heavy atom. The molecule has 1 aromatic carbocycles. The molecule has 0 spiro atoms. The summed E-state index contributed by atoms with van der Waals surface area (Å²) in [4.78, 5) is 11.6. The molecule has 1 aliphatic rings. The first-order valence-corrected chi connectivity index (χ1v) is 6.00. The number of carbonyl (C=O) groups excluding carboxylic acids is 1. The van der Waals surface area contributed by atoms with Crippen molar-refractivity contribution < 1.29 is 9.53 Å². The van der Waals surface area contributed by atoms with Gasteiger partial charge in [-0.25, -0.2) is 0 Å². The Hall–Kier alpha value is -0.870. The summed E-state index contributed by atoms with van der Waals surface area (Å²) in [5.74, 6) is -0.321. The molecule has 0 fully saturated rings. The van der Waals surface area contributed by atoms with E-state index in [1.165, 1.54) is 12.7 Å². The van der Waals surface area contributed by atoms with Crippen LogP contribution in [0.4, 0.5) is 0 Å². The standard InChI is InChI=1S/C12H14BrNO2/c1-16-11(15)12(14)6-5-9-8(7-12)3-2-4-10(9)13/h2-4H,5-7,14H2,1H3/t12-/m1/s1. The summed E-state index contributed by atoms with van der Waals surface area (Å²) in [6, 6.07) is 6.00. The number of carbonyl (C=O) groups is 1. The predicted octanol–water partition coefficient (Wildman–Crippen LogP) is 1.81. The normalized spacial score (nSPS) is 23.7. The number of esters is 1. The van der Waals surface area contributed by atoms with Crippen molar-refractivity contribution in [2.24, 2.45) is 5.73 Å². The molecule has 1 aliphatic carbocycles. The van der Waals surface area contributed by atoms with Crippen LogP contribution in [0.15, 0.2) is 22.7 Å². The van der Waals surface area contributed by atoms with Crippen molar-refractivity contribution in [2.45, 2.75) is 24.8 Å². The molecular weight excluding hydrogens is 270 g/mol. The van der Waals surface area contributed by atoms with E-state index < -0.39 is 5.54 Å². The topological polar surface area (TPSA) is 52.3 Å². The molecule has 0 aromatic heterocycles. The molecule has 0 radical (unpaired) electrons. The number of fused-ring (bicyclic) bond motifs is 1. The fourth-order valence-electron chi connectivity index (χ4n) is 2.20. The van der Waals surface area contributed by atoms with Gasteiger partial charge >= 0.3 is 5.97 Å². The van der Waals surface area contributed by atoms with Crippen molar-refractivity contribution in [3.8, 4) is 0 Å². The molecule has 0 heterocycles. The van der Waals surface area contributed by atoms with Crippen LogP contribution < -0.4 is 5.73 Å². The summed E-state index contributed by atoms with van der Waals surface area (Å²) in [5.41, 5.74) is 7.62. The van der Waals surface area contributed by atoms with Gasteiger partial charge in [0, 0.05) is 10.9 Å². The summed E-state index contributed by atoms with van der Waals surface area (Å²) < 4.78 is 5.86. The Morgan fingerprint density at radius 2 is 2.31 bits per heavy atom. The maximum Gasteiger partial charge on any atom is 0.326 e. The van der Waals surface area contributed by atoms with Crippen molar-refractivity contribution in [2.75, 3.05) is 7.11 Å². The Labute approximate surface area is 103 Å². The van der Waals surface area contributed by atoms with Crippen LogP contribution in [-0.4, -0.2) is 18.6 Å². The van der Waals surface area contributed by atoms with Crippen molar-refractivity contribution >= 4 is 21.9 Å². The third-order valence-corrected chi connectivity index (χ3v) is 3.88. The quantitative estimate of drug-likeness (QED) is 0.800. The number of hydrogen-bond donors (Lipinski definition) is 1. The number of halogens is 1. The van der Waals surface area contributed by atoms with Gasteiger partial charge in [0.25, 0.3) is 0 Å². The van der Waals surface area contributed by atoms with Gasteiger partial charge in [0.05, 0.1) is 7.11 Å². The molecule has 3 nitrogen and oxygen atoms in total. The highest BCUT2D eigenvalue weighted by Gasteiger charge is 2.38. The lowest BCUT2D eigenvalue weighted by Gasteiger charge is -2.32. The zero-order chi connectivity index (χ0) is 11.8. The third kappa shape index (κ3) is 1.87. The summed E-state index contributed by atoms with van der Waals surface area (Å²) in [6.45, 7) is 0. The van der Waals surface area contributed by atoms with Crippen molar-refractivity contribution in [3.05, 3.63) is 33.8 Å². The second-order valence-electron chi connectivity index (χ2n) is 4.20. The highest BCUT2D eigenvalue weighted by atomic mass is 79.9. The number of hydrogen-bond acceptors (Lipinski definition) is 3. The zero-order valence-electron chi connectivity index (χ0n) is 9.13. The lowest BCUT2D eigenvalue weighted by Crippen LogP contribution is -2.52. The highest BCUT2D eigenvalue weighted by Crippen LogP contribution is 2.32. The van der Waals surface area contributed by atoms with E-state index in [0.29, 0.717) is 12.8 Å². The summed E-state index contributed by atoms with van der Waals surface area (Å²) in [6.07, 6.45) is 1.99. The maximum absolute atomic E-state index is 11.6. The minimum absolute atomic E-state index is 0.321. The highest BCUT2D eigenvalue weighted by molar-refractivity contribution is 9.10. The van der Waals surface area contributed by atoms with E-state index in [9.17, 15) is 4.79 Å². The number of benzene rings is 1. The molecule has 2 rings (SSSR count). The first-order chi connectivity index (χ1) is 7.57. The zero-order valence-corrected chi connectivity index (χ0v) is 10.7. The van der Waals surface area contributed by atoms with Crippen LogP contribution >= 0.6 is 15.9 Å². The Morgan fingerprint density at radius 3 is 3.00 bits per heavy atom. The monoisotopic (exact) mass is 283 g/mol. The van der Waals surface area contributed by atoms with E-state index in [-0.39, 0.29) is 5.97 Å². The van der Waals surface area contributed by atoms with Crippen LogP contribution in [0.25, 0.3) is 0 Å². The van der Waals surface area contributed by atoms with Crippen LogP contribution in [0.5, 0.6) is 0 Å². The van der Waals surface area contributed by atoms with Crippen LogP contribution in [0.1, 0.15) is 17.5 Å². The number of methoxy groups -OCH3 is 1. The lowest BCUT2D eigenvalue weighted by molar-refractivity contribution is -0.147. The summed E-state index contributed by atoms with van der Waals surface area (Å²) in [5, 5.41) is 0. The van der Waals surface area contributed by atoms with Crippen molar-refractivity contribution in [1.29, 1.82) is 0 Å². The lowest BCUT2D eigenvalue weighted by atomic mass is 9.78. The molecule has 0 bridgehead atoms. The second-order valence-corrected chi connectivity index (χ2v) is 5.06. The van der Waals surface area contributed by atoms with Gasteiger partial charge in [0.2, 0.25) is 0 Å². The first-order valence-electron chi connectivity index (χ1n) is 5.20. The van der Waals surface area contributed by atoms with E-state index >= 15 is 0 Å². The molecule has 16 heavy (non-hydrogen) atoms. The largest absolute Gasteiger partial charge is 0.468 e. The van der Waals surface area contributed by atoms with Gasteiger partial charge in [0.15, 0.2) is 0 Å². The first kappa shape index (κ1) is 11.6. The van der Waals surface area contributed by atoms with E-state index in [4.69, 9.17) is 10.5 Å². The third-order valence-electron chi connectivity index (χ3n) is 3.13. The number of rotatable bonds is 1. The maximum atomic E-state index is 11.6. The minimum atomic E-state index is -0.859. The Balaban J connectivity index is 2.34. The van der Waals surface area contributed by atoms with Crippen LogP contribution in [0.3, 0.4) is 0 Å². The average molecular weight is 284 g/mol. The molecule has 1 atom stereocenters. The van der Waals surface area contributed by atoms with Crippen LogP contribution in [0, 0.1) is 0 Å². The average Bonchev–Trinajstić information content (AvgIpc) is 2.28. The fourth-order valence-corrected chi connectivity index (χ4v) is 2.81. The molecule has 1 aromatic rings. The smallest absolute Gasteiger partial charge is 0.326 e. The van der Waals surface area contributed by atoms with E-state index in [0.717, 1.165) is 16.5 Å². The Bertz CT molecular complexity index is 433. The van der Waals surface area contributed by atoms with Crippen molar-refractivity contribution in [3.63, 3.8) is 0 Å². The Kier molecular flexibility index (Phi) is 3.04. The second kappa shape index (κ2) is 4.18. The molecule has 0 amide bonds. The molecule has 0 saturated carbocycles. The number of ether oxygens (including phenoxy) is 1. The molecule has 4 heteroatoms. The van der Waals surface area contributed by atoms with Crippen LogP contribution in [-0.2, 0) is 22.4 Å². The molecule has 0 saturated heterocycles. The van der Waals surface area contributed by atoms with E-state index in [1.54, 1.807) is 0 Å². The molecule has 86 valence electrons. The van der Waals surface area contributed by atoms with Gasteiger partial charge in [-0.05, 0) is 30.0 Å². The van der Waals surface area contributed by atoms with Gasteiger partial charge in [-0.3, -0.25) is 4.79 Å². The fraction of sp³-hybridized carbons (Fsp3) is 0.417. The van der Waals surface area contributed by atoms with Gasteiger partial charge in [-0.2, -0.15) is 0 Å². The molecule has 2 N–H and O–H groups in total. The van der Waals surface area contributed by atoms with Crippen molar-refractivity contribution in [1.82, 2.24) is 0 Å². The van der Waals surface area contributed by atoms with Gasteiger partial charge in [-0.15, -0.1) is 0 Å². The minimum Gasteiger partial charge on any atom is -0.468 e. The van der Waals surface area contributed by atoms with Gasteiger partial charge < -0.3 is 10.5 Å². The molecule has 0 aliphatic heterocycles. The summed E-state index contributed by atoms with van der Waals surface area (Å²) >= 11 is 3.52. The summed E-state index contributed by atoms with van der Waals surface area (Å²) in [7, 11) is 1.38. The number of nitrogens with two attached hydrogens (primary N) is 1. The predicted molar refractivity (Wildman–Crippen MR) is 65.1 cm³/mol. The van der Waals surface area contributed by atoms with E-state index in [1.807, 2.05) is 18.2 Å². The molecule has 0 unspecified atom stereocenters. The molecular formula is C12H14BrNO2. The van der Waals surface area contributed by atoms with Gasteiger partial charge in [0.1, 0.15) is 5.54 Å². The van der Waals surface area contributed by atoms with Crippen LogP contribution in [0.2, 0.25) is 0 Å².